The number of ether oxygens (including phenoxy) is 1. The first-order chi connectivity index (χ1) is 12.6. The van der Waals surface area contributed by atoms with E-state index in [1.54, 1.807) is 26.4 Å². The number of carbonyl (C=O) groups is 1. The van der Waals surface area contributed by atoms with Gasteiger partial charge in [-0.2, -0.15) is 0 Å². The van der Waals surface area contributed by atoms with Crippen LogP contribution in [-0.4, -0.2) is 42.7 Å². The fourth-order valence-corrected chi connectivity index (χ4v) is 3.25. The molecular weight excluding hydrogens is 332 g/mol. The molecule has 7 nitrogen and oxygen atoms in total. The van der Waals surface area contributed by atoms with Crippen LogP contribution in [0.1, 0.15) is 35.0 Å². The summed E-state index contributed by atoms with van der Waals surface area (Å²) >= 11 is 0. The van der Waals surface area contributed by atoms with Crippen LogP contribution in [0.3, 0.4) is 0 Å². The fourth-order valence-electron chi connectivity index (χ4n) is 3.25. The minimum Gasteiger partial charge on any atom is -0.497 e. The van der Waals surface area contributed by atoms with Crippen molar-refractivity contribution in [3.8, 4) is 5.75 Å². The van der Waals surface area contributed by atoms with Crippen molar-refractivity contribution < 1.29 is 13.9 Å². The normalized spacial score (nSPS) is 17.6. The number of nitrogens with one attached hydrogen (secondary N) is 1. The Morgan fingerprint density at radius 2 is 2.31 bits per heavy atom. The molecule has 1 aromatic carbocycles. The van der Waals surface area contributed by atoms with Gasteiger partial charge in [0, 0.05) is 18.3 Å². The highest BCUT2D eigenvalue weighted by Crippen LogP contribution is 2.35. The molecule has 1 N–H and O–H groups in total. The lowest BCUT2D eigenvalue weighted by atomic mass is 10.1. The van der Waals surface area contributed by atoms with Crippen LogP contribution in [0.15, 0.2) is 38.7 Å². The third kappa shape index (κ3) is 2.65. The summed E-state index contributed by atoms with van der Waals surface area (Å²) in [7, 11) is 1.59. The molecule has 1 unspecified atom stereocenters. The molecule has 134 valence electrons. The molecule has 1 amide bonds. The smallest absolute Gasteiger partial charge is 0.260 e. The summed E-state index contributed by atoms with van der Waals surface area (Å²) < 4.78 is 10.9. The summed E-state index contributed by atoms with van der Waals surface area (Å²) in [6.45, 7) is 4.64. The minimum atomic E-state index is -0.250. The number of methoxy groups -OCH3 is 1. The number of benzene rings is 1. The largest absolute Gasteiger partial charge is 0.497 e. The van der Waals surface area contributed by atoms with Gasteiger partial charge in [0.2, 0.25) is 5.88 Å². The number of anilines is 1. The second-order valence-electron chi connectivity index (χ2n) is 6.31. The van der Waals surface area contributed by atoms with E-state index in [2.05, 4.69) is 17.2 Å². The third-order valence-electron chi connectivity index (χ3n) is 4.61. The van der Waals surface area contributed by atoms with Gasteiger partial charge in [0.05, 0.1) is 24.3 Å². The number of furan rings is 1. The number of carbonyl (C=O) groups excluding carboxylic acids is 1. The first-order valence-electron chi connectivity index (χ1n) is 8.58. The molecule has 2 aromatic rings. The molecule has 1 aromatic heterocycles. The van der Waals surface area contributed by atoms with Crippen LogP contribution >= 0.6 is 0 Å². The zero-order valence-corrected chi connectivity index (χ0v) is 14.9. The molecule has 2 aliphatic heterocycles. The van der Waals surface area contributed by atoms with Crippen molar-refractivity contribution in [2.75, 3.05) is 19.0 Å². The Balaban J connectivity index is 1.71. The Hall–Kier alpha value is -3.09. The molecule has 0 saturated heterocycles. The van der Waals surface area contributed by atoms with Gasteiger partial charge in [0.1, 0.15) is 23.7 Å². The van der Waals surface area contributed by atoms with Crippen molar-refractivity contribution in [3.05, 3.63) is 41.2 Å². The van der Waals surface area contributed by atoms with Gasteiger partial charge in [-0.15, -0.1) is 0 Å². The fraction of sp³-hybridized carbons (Fsp3) is 0.316. The molecule has 0 saturated carbocycles. The quantitative estimate of drug-likeness (QED) is 0.915. The number of nitrogens with zero attached hydrogens (tertiary/aromatic N) is 3. The van der Waals surface area contributed by atoms with E-state index in [-0.39, 0.29) is 11.9 Å². The molecule has 26 heavy (non-hydrogen) atoms. The molecule has 2 aliphatic rings. The first-order valence-corrected chi connectivity index (χ1v) is 8.58. The standard InChI is InChI=1S/C19H20N4O3/c1-4-12-9-23-10-20-19-16(17(23)21-12)15(11(2)26-19)18(24)22-13-6-5-7-14(8-13)25-3/h5-8,10,12H,4,9H2,1-3H3,(H,22,24). The van der Waals surface area contributed by atoms with Gasteiger partial charge in [-0.05, 0) is 25.5 Å². The Kier molecular flexibility index (Phi) is 3.99. The second kappa shape index (κ2) is 6.33. The molecule has 0 aliphatic carbocycles. The van der Waals surface area contributed by atoms with E-state index >= 15 is 0 Å². The van der Waals surface area contributed by atoms with Gasteiger partial charge in [0.15, 0.2) is 0 Å². The van der Waals surface area contributed by atoms with E-state index in [1.165, 1.54) is 0 Å². The molecule has 4 rings (SSSR count). The van der Waals surface area contributed by atoms with E-state index in [4.69, 9.17) is 14.1 Å². The zero-order valence-electron chi connectivity index (χ0n) is 14.9. The third-order valence-corrected chi connectivity index (χ3v) is 4.61. The zero-order chi connectivity index (χ0) is 18.3. The number of amidine groups is 1. The Labute approximate surface area is 151 Å². The predicted octanol–water partition coefficient (Wildman–Crippen LogP) is 3.36. The summed E-state index contributed by atoms with van der Waals surface area (Å²) in [5.74, 6) is 2.15. The second-order valence-corrected chi connectivity index (χ2v) is 6.31. The summed E-state index contributed by atoms with van der Waals surface area (Å²) in [6.07, 6.45) is 2.66. The lowest BCUT2D eigenvalue weighted by Gasteiger charge is -2.18. The van der Waals surface area contributed by atoms with Crippen molar-refractivity contribution in [2.24, 2.45) is 9.98 Å². The number of amides is 1. The Bertz CT molecular complexity index is 929. The molecule has 1 atom stereocenters. The molecular formula is C19H20N4O3. The van der Waals surface area contributed by atoms with E-state index in [1.807, 2.05) is 23.1 Å². The van der Waals surface area contributed by atoms with Gasteiger partial charge in [-0.25, -0.2) is 4.99 Å². The van der Waals surface area contributed by atoms with Crippen LogP contribution in [0.25, 0.3) is 0 Å². The molecule has 3 heterocycles. The molecule has 0 spiro atoms. The van der Waals surface area contributed by atoms with E-state index in [0.29, 0.717) is 34.2 Å². The SMILES string of the molecule is CCC1CN2C=Nc3oc(C)c(C(=O)Nc4cccc(OC)c4)c3C2=N1. The van der Waals surface area contributed by atoms with Crippen LogP contribution < -0.4 is 10.1 Å². The van der Waals surface area contributed by atoms with Gasteiger partial charge < -0.3 is 19.4 Å². The maximum absolute atomic E-state index is 13.0. The molecule has 0 fully saturated rings. The monoisotopic (exact) mass is 352 g/mol. The highest BCUT2D eigenvalue weighted by Gasteiger charge is 2.35. The summed E-state index contributed by atoms with van der Waals surface area (Å²) in [5, 5.41) is 2.91. The van der Waals surface area contributed by atoms with Crippen LogP contribution in [0.4, 0.5) is 11.6 Å². The topological polar surface area (TPSA) is 79.4 Å². The highest BCUT2D eigenvalue weighted by molar-refractivity contribution is 6.19. The number of hydrogen-bond acceptors (Lipinski definition) is 6. The summed E-state index contributed by atoms with van der Waals surface area (Å²) in [6, 6.07) is 7.43. The van der Waals surface area contributed by atoms with Crippen molar-refractivity contribution >= 4 is 29.7 Å². The highest BCUT2D eigenvalue weighted by atomic mass is 16.5. The minimum absolute atomic E-state index is 0.201. The summed E-state index contributed by atoms with van der Waals surface area (Å²) in [4.78, 5) is 24.1. The average Bonchev–Trinajstić information content (AvgIpc) is 3.21. The van der Waals surface area contributed by atoms with E-state index in [9.17, 15) is 4.79 Å². The van der Waals surface area contributed by atoms with E-state index in [0.717, 1.165) is 18.8 Å². The average molecular weight is 352 g/mol. The molecule has 0 radical (unpaired) electrons. The van der Waals surface area contributed by atoms with E-state index < -0.39 is 0 Å². The van der Waals surface area contributed by atoms with Gasteiger partial charge in [-0.3, -0.25) is 9.79 Å². The van der Waals surface area contributed by atoms with Crippen molar-refractivity contribution in [1.82, 2.24) is 4.90 Å². The summed E-state index contributed by atoms with van der Waals surface area (Å²) in [5.41, 5.74) is 1.79. The number of hydrogen-bond donors (Lipinski definition) is 1. The molecule has 7 heteroatoms. The lowest BCUT2D eigenvalue weighted by Crippen LogP contribution is -2.31. The maximum atomic E-state index is 13.0. The predicted molar refractivity (Wildman–Crippen MR) is 99.9 cm³/mol. The van der Waals surface area contributed by atoms with Crippen molar-refractivity contribution in [1.29, 1.82) is 0 Å². The Morgan fingerprint density at radius 3 is 3.08 bits per heavy atom. The maximum Gasteiger partial charge on any atom is 0.260 e. The number of aliphatic imine (C=N–C) groups is 2. The number of fused-ring (bicyclic) bond motifs is 3. The molecule has 0 bridgehead atoms. The van der Waals surface area contributed by atoms with Crippen LogP contribution in [0, 0.1) is 6.92 Å². The lowest BCUT2D eigenvalue weighted by molar-refractivity contribution is 0.102. The Morgan fingerprint density at radius 1 is 1.46 bits per heavy atom. The van der Waals surface area contributed by atoms with Crippen molar-refractivity contribution in [2.45, 2.75) is 26.3 Å². The number of rotatable bonds is 4. The van der Waals surface area contributed by atoms with Gasteiger partial charge in [0.25, 0.3) is 5.91 Å². The van der Waals surface area contributed by atoms with Crippen LogP contribution in [0.5, 0.6) is 5.75 Å². The van der Waals surface area contributed by atoms with Gasteiger partial charge in [-0.1, -0.05) is 13.0 Å². The number of aryl methyl sites for hydroxylation is 1. The van der Waals surface area contributed by atoms with Crippen molar-refractivity contribution in [3.63, 3.8) is 0 Å². The first kappa shape index (κ1) is 16.4. The van der Waals surface area contributed by atoms with Gasteiger partial charge >= 0.3 is 0 Å². The van der Waals surface area contributed by atoms with Crippen LogP contribution in [0.2, 0.25) is 0 Å². The van der Waals surface area contributed by atoms with Crippen LogP contribution in [-0.2, 0) is 0 Å².